The van der Waals surface area contributed by atoms with Gasteiger partial charge in [0, 0.05) is 0 Å². The summed E-state index contributed by atoms with van der Waals surface area (Å²) in [6.45, 7) is 1.80. The molecule has 19 heavy (non-hydrogen) atoms. The van der Waals surface area contributed by atoms with Gasteiger partial charge in [0.1, 0.15) is 10.6 Å². The SMILES string of the molecule is C[C@H](OC(=O)c1cccs1)C(=O)NCc1ccco1. The maximum atomic E-state index is 11.7. The topological polar surface area (TPSA) is 68.5 Å². The molecule has 0 aliphatic carbocycles. The number of thiophene rings is 1. The summed E-state index contributed by atoms with van der Waals surface area (Å²) in [6.07, 6.45) is 0.687. The van der Waals surface area contributed by atoms with Gasteiger partial charge in [-0.25, -0.2) is 4.79 Å². The first-order valence-electron chi connectivity index (χ1n) is 5.71. The first-order chi connectivity index (χ1) is 9.16. The van der Waals surface area contributed by atoms with Gasteiger partial charge in [-0.05, 0) is 30.5 Å². The average Bonchev–Trinajstić information content (AvgIpc) is 3.08. The molecular formula is C13H13NO4S. The van der Waals surface area contributed by atoms with Gasteiger partial charge < -0.3 is 14.5 Å². The average molecular weight is 279 g/mol. The van der Waals surface area contributed by atoms with Crippen LogP contribution >= 0.6 is 11.3 Å². The summed E-state index contributed by atoms with van der Waals surface area (Å²) < 4.78 is 10.1. The molecule has 0 aliphatic heterocycles. The van der Waals surface area contributed by atoms with Crippen molar-refractivity contribution in [3.05, 3.63) is 46.5 Å². The first kappa shape index (κ1) is 13.4. The molecule has 6 heteroatoms. The van der Waals surface area contributed by atoms with Crippen LogP contribution in [0.2, 0.25) is 0 Å². The number of carbonyl (C=O) groups excluding carboxylic acids is 2. The van der Waals surface area contributed by atoms with Crippen LogP contribution in [0, 0.1) is 0 Å². The standard InChI is InChI=1S/C13H13NO4S/c1-9(18-13(16)11-5-3-7-19-11)12(15)14-8-10-4-2-6-17-10/h2-7,9H,8H2,1H3,(H,14,15)/t9-/m0/s1. The molecule has 2 rings (SSSR count). The summed E-state index contributed by atoms with van der Waals surface area (Å²) in [5, 5.41) is 4.41. The minimum absolute atomic E-state index is 0.271. The van der Waals surface area contributed by atoms with Crippen LogP contribution in [0.25, 0.3) is 0 Å². The van der Waals surface area contributed by atoms with Gasteiger partial charge in [0.15, 0.2) is 6.10 Å². The van der Waals surface area contributed by atoms with Gasteiger partial charge in [-0.3, -0.25) is 4.79 Å². The fraction of sp³-hybridized carbons (Fsp3) is 0.231. The number of amides is 1. The van der Waals surface area contributed by atoms with Crippen LogP contribution in [0.3, 0.4) is 0 Å². The minimum atomic E-state index is -0.843. The van der Waals surface area contributed by atoms with Gasteiger partial charge in [-0.15, -0.1) is 11.3 Å². The number of carbonyl (C=O) groups is 2. The summed E-state index contributed by atoms with van der Waals surface area (Å²) in [6, 6.07) is 6.90. The van der Waals surface area contributed by atoms with E-state index in [0.717, 1.165) is 0 Å². The van der Waals surface area contributed by atoms with E-state index in [1.165, 1.54) is 24.5 Å². The van der Waals surface area contributed by atoms with E-state index in [1.54, 1.807) is 29.6 Å². The Hall–Kier alpha value is -2.08. The Bertz CT molecular complexity index is 533. The Morgan fingerprint density at radius 2 is 2.26 bits per heavy atom. The zero-order chi connectivity index (χ0) is 13.7. The van der Waals surface area contributed by atoms with Crippen molar-refractivity contribution in [2.45, 2.75) is 19.6 Å². The van der Waals surface area contributed by atoms with E-state index in [4.69, 9.17) is 9.15 Å². The minimum Gasteiger partial charge on any atom is -0.467 e. The molecule has 0 saturated carbocycles. The van der Waals surface area contributed by atoms with Crippen LogP contribution in [-0.4, -0.2) is 18.0 Å². The third kappa shape index (κ3) is 3.69. The second-order valence-electron chi connectivity index (χ2n) is 3.82. The Labute approximate surface area is 114 Å². The highest BCUT2D eigenvalue weighted by Crippen LogP contribution is 2.11. The predicted molar refractivity (Wildman–Crippen MR) is 69.8 cm³/mol. The Morgan fingerprint density at radius 1 is 1.42 bits per heavy atom. The fourth-order valence-electron chi connectivity index (χ4n) is 1.40. The normalized spacial score (nSPS) is 11.8. The number of esters is 1. The smallest absolute Gasteiger partial charge is 0.349 e. The lowest BCUT2D eigenvalue weighted by Crippen LogP contribution is -2.35. The van der Waals surface area contributed by atoms with Crippen LogP contribution in [-0.2, 0) is 16.1 Å². The van der Waals surface area contributed by atoms with Crippen molar-refractivity contribution in [2.75, 3.05) is 0 Å². The molecule has 2 heterocycles. The summed E-state index contributed by atoms with van der Waals surface area (Å²) in [5.74, 6) is -0.206. The zero-order valence-corrected chi connectivity index (χ0v) is 11.1. The molecule has 0 bridgehead atoms. The number of furan rings is 1. The summed E-state index contributed by atoms with van der Waals surface area (Å²) in [7, 11) is 0. The van der Waals surface area contributed by atoms with E-state index in [1.807, 2.05) is 0 Å². The maximum absolute atomic E-state index is 11.7. The number of hydrogen-bond acceptors (Lipinski definition) is 5. The molecule has 2 aromatic rings. The highest BCUT2D eigenvalue weighted by atomic mass is 32.1. The predicted octanol–water partition coefficient (Wildman–Crippen LogP) is 2.20. The molecular weight excluding hydrogens is 266 g/mol. The Kier molecular flexibility index (Phi) is 4.35. The summed E-state index contributed by atoms with van der Waals surface area (Å²) in [5.41, 5.74) is 0. The molecule has 2 aromatic heterocycles. The summed E-state index contributed by atoms with van der Waals surface area (Å²) >= 11 is 1.27. The van der Waals surface area contributed by atoms with Crippen molar-refractivity contribution < 1.29 is 18.7 Å². The maximum Gasteiger partial charge on any atom is 0.349 e. The molecule has 0 aliphatic rings. The quantitative estimate of drug-likeness (QED) is 0.852. The van der Waals surface area contributed by atoms with Crippen molar-refractivity contribution >= 4 is 23.2 Å². The van der Waals surface area contributed by atoms with Gasteiger partial charge in [0.2, 0.25) is 0 Å². The van der Waals surface area contributed by atoms with Crippen LogP contribution in [0.4, 0.5) is 0 Å². The number of hydrogen-bond donors (Lipinski definition) is 1. The molecule has 0 aromatic carbocycles. The molecule has 0 fully saturated rings. The lowest BCUT2D eigenvalue weighted by Gasteiger charge is -2.12. The molecule has 0 saturated heterocycles. The number of nitrogens with one attached hydrogen (secondary N) is 1. The molecule has 1 amide bonds. The molecule has 0 unspecified atom stereocenters. The molecule has 1 N–H and O–H groups in total. The van der Waals surface area contributed by atoms with Crippen molar-refractivity contribution in [3.8, 4) is 0 Å². The second-order valence-corrected chi connectivity index (χ2v) is 4.77. The Morgan fingerprint density at radius 3 is 2.89 bits per heavy atom. The monoisotopic (exact) mass is 279 g/mol. The van der Waals surface area contributed by atoms with Crippen molar-refractivity contribution in [1.29, 1.82) is 0 Å². The van der Waals surface area contributed by atoms with E-state index in [0.29, 0.717) is 10.6 Å². The van der Waals surface area contributed by atoms with Crippen LogP contribution in [0.1, 0.15) is 22.4 Å². The molecule has 1 atom stereocenters. The van der Waals surface area contributed by atoms with Gasteiger partial charge in [-0.1, -0.05) is 6.07 Å². The zero-order valence-electron chi connectivity index (χ0n) is 10.3. The van der Waals surface area contributed by atoms with E-state index in [9.17, 15) is 9.59 Å². The number of ether oxygens (including phenoxy) is 1. The van der Waals surface area contributed by atoms with E-state index < -0.39 is 12.1 Å². The number of rotatable bonds is 5. The Balaban J connectivity index is 1.80. The lowest BCUT2D eigenvalue weighted by molar-refractivity contribution is -0.129. The van der Waals surface area contributed by atoms with Gasteiger partial charge >= 0.3 is 5.97 Å². The highest BCUT2D eigenvalue weighted by Gasteiger charge is 2.19. The lowest BCUT2D eigenvalue weighted by atomic mass is 10.3. The third-order valence-electron chi connectivity index (χ3n) is 2.39. The van der Waals surface area contributed by atoms with Gasteiger partial charge in [0.25, 0.3) is 5.91 Å². The fourth-order valence-corrected chi connectivity index (χ4v) is 2.00. The van der Waals surface area contributed by atoms with Crippen molar-refractivity contribution in [1.82, 2.24) is 5.32 Å². The molecule has 5 nitrogen and oxygen atoms in total. The van der Waals surface area contributed by atoms with E-state index in [-0.39, 0.29) is 12.5 Å². The second kappa shape index (κ2) is 6.19. The first-order valence-corrected chi connectivity index (χ1v) is 6.59. The van der Waals surface area contributed by atoms with Crippen LogP contribution < -0.4 is 5.32 Å². The highest BCUT2D eigenvalue weighted by molar-refractivity contribution is 7.11. The molecule has 0 spiro atoms. The summed E-state index contributed by atoms with van der Waals surface area (Å²) in [4.78, 5) is 23.8. The van der Waals surface area contributed by atoms with E-state index in [2.05, 4.69) is 5.32 Å². The molecule has 100 valence electrons. The van der Waals surface area contributed by atoms with Crippen LogP contribution in [0.15, 0.2) is 40.3 Å². The third-order valence-corrected chi connectivity index (χ3v) is 3.24. The van der Waals surface area contributed by atoms with Gasteiger partial charge in [-0.2, -0.15) is 0 Å². The van der Waals surface area contributed by atoms with Gasteiger partial charge in [0.05, 0.1) is 12.8 Å². The van der Waals surface area contributed by atoms with Crippen molar-refractivity contribution in [3.63, 3.8) is 0 Å². The van der Waals surface area contributed by atoms with Crippen molar-refractivity contribution in [2.24, 2.45) is 0 Å². The van der Waals surface area contributed by atoms with E-state index >= 15 is 0 Å². The largest absolute Gasteiger partial charge is 0.467 e. The molecule has 0 radical (unpaired) electrons. The van der Waals surface area contributed by atoms with Crippen LogP contribution in [0.5, 0.6) is 0 Å².